The number of ether oxygens (including phenoxy) is 1. The maximum absolute atomic E-state index is 13.1. The molecule has 2 saturated heterocycles. The first-order valence-electron chi connectivity index (χ1n) is 14.5. The first-order valence-corrected chi connectivity index (χ1v) is 16.9. The lowest BCUT2D eigenvalue weighted by molar-refractivity contribution is -0.151. The number of unbranched alkanes of at least 4 members (excludes halogenated alkanes) is 1. The van der Waals surface area contributed by atoms with Crippen LogP contribution in [0.4, 0.5) is 0 Å². The Bertz CT molecular complexity index is 645. The Morgan fingerprint density at radius 3 is 2.61 bits per heavy atom. The van der Waals surface area contributed by atoms with Crippen molar-refractivity contribution in [1.82, 2.24) is 15.5 Å². The number of esters is 1. The number of rotatable bonds is 15. The number of hydrogen-bond acceptors (Lipinski definition) is 8. The zero-order chi connectivity index (χ0) is 25.6. The highest BCUT2D eigenvalue weighted by atomic mass is 33.1. The normalized spacial score (nSPS) is 26.2. The van der Waals surface area contributed by atoms with Gasteiger partial charge in [-0.05, 0) is 70.4 Å². The van der Waals surface area contributed by atoms with E-state index in [0.29, 0.717) is 38.3 Å². The summed E-state index contributed by atoms with van der Waals surface area (Å²) in [6.45, 7) is 1.95. The van der Waals surface area contributed by atoms with E-state index < -0.39 is 0 Å². The molecule has 3 aliphatic rings. The maximum Gasteiger partial charge on any atom is 0.307 e. The molecule has 7 nitrogen and oxygen atoms in total. The third kappa shape index (κ3) is 10.4. The van der Waals surface area contributed by atoms with Crippen LogP contribution in [0.25, 0.3) is 0 Å². The van der Waals surface area contributed by atoms with Gasteiger partial charge in [0.2, 0.25) is 5.91 Å². The third-order valence-corrected chi connectivity index (χ3v) is 11.1. The molecule has 4 atom stereocenters. The standard InChI is InChI=1S/C27H50N4O3S2/c1-29-24-19-22(21-9-3-2-4-10-21)20-31(24)26(32)15-17-30-25(13-7-16-28)34-27(33)14-6-5-11-23-12-8-18-35-36-23/h21-25,29-30H,2-20,28H2,1H3. The third-order valence-electron chi connectivity index (χ3n) is 8.07. The molecular formula is C27H50N4O3S2. The van der Waals surface area contributed by atoms with Crippen molar-refractivity contribution in [2.24, 2.45) is 17.6 Å². The quantitative estimate of drug-likeness (QED) is 0.119. The first kappa shape index (κ1) is 30.1. The molecule has 4 unspecified atom stereocenters. The zero-order valence-corrected chi connectivity index (χ0v) is 24.0. The van der Waals surface area contributed by atoms with Crippen molar-refractivity contribution in [3.63, 3.8) is 0 Å². The Labute approximate surface area is 226 Å². The van der Waals surface area contributed by atoms with Gasteiger partial charge >= 0.3 is 5.97 Å². The number of nitrogens with zero attached hydrogens (tertiary/aromatic N) is 1. The van der Waals surface area contributed by atoms with E-state index in [0.717, 1.165) is 43.4 Å². The average molecular weight is 543 g/mol. The predicted molar refractivity (Wildman–Crippen MR) is 152 cm³/mol. The van der Waals surface area contributed by atoms with Gasteiger partial charge in [0.1, 0.15) is 0 Å². The van der Waals surface area contributed by atoms with Gasteiger partial charge < -0.3 is 20.7 Å². The summed E-state index contributed by atoms with van der Waals surface area (Å²) in [4.78, 5) is 27.6. The Hall–Kier alpha value is -0.480. The van der Waals surface area contributed by atoms with Crippen LogP contribution in [0.1, 0.15) is 96.3 Å². The molecule has 1 saturated carbocycles. The molecule has 2 aliphatic heterocycles. The van der Waals surface area contributed by atoms with Gasteiger partial charge in [-0.3, -0.25) is 14.9 Å². The van der Waals surface area contributed by atoms with Crippen LogP contribution in [0.15, 0.2) is 0 Å². The number of amides is 1. The Morgan fingerprint density at radius 1 is 1.06 bits per heavy atom. The van der Waals surface area contributed by atoms with E-state index in [4.69, 9.17) is 10.5 Å². The summed E-state index contributed by atoms with van der Waals surface area (Å²) >= 11 is 0. The van der Waals surface area contributed by atoms with Gasteiger partial charge in [0.25, 0.3) is 0 Å². The fourth-order valence-electron chi connectivity index (χ4n) is 5.97. The topological polar surface area (TPSA) is 96.7 Å². The molecule has 0 aromatic heterocycles. The van der Waals surface area contributed by atoms with Crippen molar-refractivity contribution < 1.29 is 14.3 Å². The Kier molecular flexibility index (Phi) is 14.3. The Morgan fingerprint density at radius 2 is 1.89 bits per heavy atom. The molecule has 0 bridgehead atoms. The predicted octanol–water partition coefficient (Wildman–Crippen LogP) is 4.65. The lowest BCUT2D eigenvalue weighted by Crippen LogP contribution is -2.44. The van der Waals surface area contributed by atoms with Crippen LogP contribution in [0.2, 0.25) is 0 Å². The maximum atomic E-state index is 13.1. The van der Waals surface area contributed by atoms with Gasteiger partial charge in [-0.2, -0.15) is 0 Å². The summed E-state index contributed by atoms with van der Waals surface area (Å²) in [5.41, 5.74) is 5.70. The highest BCUT2D eigenvalue weighted by molar-refractivity contribution is 8.77. The van der Waals surface area contributed by atoms with Crippen molar-refractivity contribution in [3.05, 3.63) is 0 Å². The number of hydrogen-bond donors (Lipinski definition) is 3. The summed E-state index contributed by atoms with van der Waals surface area (Å²) in [5, 5.41) is 7.42. The molecule has 3 fully saturated rings. The molecule has 208 valence electrons. The Balaban J connectivity index is 1.35. The molecule has 0 aromatic carbocycles. The van der Waals surface area contributed by atoms with E-state index in [1.807, 2.05) is 33.5 Å². The molecule has 4 N–H and O–H groups in total. The summed E-state index contributed by atoms with van der Waals surface area (Å²) in [5.74, 6) is 2.69. The fraction of sp³-hybridized carbons (Fsp3) is 0.926. The van der Waals surface area contributed by atoms with Crippen molar-refractivity contribution in [2.45, 2.75) is 114 Å². The molecular weight excluding hydrogens is 492 g/mol. The second-order valence-electron chi connectivity index (χ2n) is 10.8. The lowest BCUT2D eigenvalue weighted by Gasteiger charge is -2.27. The number of carbonyl (C=O) groups is 2. The van der Waals surface area contributed by atoms with Crippen molar-refractivity contribution in [3.8, 4) is 0 Å². The largest absolute Gasteiger partial charge is 0.447 e. The van der Waals surface area contributed by atoms with E-state index in [-0.39, 0.29) is 24.3 Å². The molecule has 2 heterocycles. The van der Waals surface area contributed by atoms with Crippen molar-refractivity contribution >= 4 is 33.5 Å². The molecule has 1 aliphatic carbocycles. The second-order valence-corrected chi connectivity index (χ2v) is 13.6. The summed E-state index contributed by atoms with van der Waals surface area (Å²) in [6.07, 6.45) is 15.6. The van der Waals surface area contributed by atoms with Crippen LogP contribution in [0, 0.1) is 11.8 Å². The van der Waals surface area contributed by atoms with E-state index in [2.05, 4.69) is 10.6 Å². The fourth-order valence-corrected chi connectivity index (χ4v) is 8.86. The van der Waals surface area contributed by atoms with E-state index in [9.17, 15) is 9.59 Å². The average Bonchev–Trinajstić information content (AvgIpc) is 3.35. The van der Waals surface area contributed by atoms with Crippen molar-refractivity contribution in [2.75, 3.05) is 32.4 Å². The molecule has 9 heteroatoms. The lowest BCUT2D eigenvalue weighted by atomic mass is 9.79. The smallest absolute Gasteiger partial charge is 0.307 e. The highest BCUT2D eigenvalue weighted by Gasteiger charge is 2.38. The minimum absolute atomic E-state index is 0.140. The molecule has 0 radical (unpaired) electrons. The number of likely N-dealkylation sites (tertiary alicyclic amines) is 1. The zero-order valence-electron chi connectivity index (χ0n) is 22.4. The van der Waals surface area contributed by atoms with Gasteiger partial charge in [0, 0.05) is 36.9 Å². The van der Waals surface area contributed by atoms with Crippen molar-refractivity contribution in [1.29, 1.82) is 0 Å². The SMILES string of the molecule is CNC1CC(C2CCCCC2)CN1C(=O)CCNC(CCCN)OC(=O)CCCCC1CCCSS1. The molecule has 1 amide bonds. The number of carbonyl (C=O) groups excluding carboxylic acids is 2. The minimum atomic E-state index is -0.368. The minimum Gasteiger partial charge on any atom is -0.447 e. The molecule has 0 aromatic rings. The van der Waals surface area contributed by atoms with Gasteiger partial charge in [0.05, 0.1) is 6.17 Å². The van der Waals surface area contributed by atoms with Gasteiger partial charge in [0.15, 0.2) is 6.23 Å². The van der Waals surface area contributed by atoms with Crippen LogP contribution >= 0.6 is 21.6 Å². The van der Waals surface area contributed by atoms with Crippen LogP contribution < -0.4 is 16.4 Å². The first-order chi connectivity index (χ1) is 17.6. The monoisotopic (exact) mass is 542 g/mol. The molecule has 36 heavy (non-hydrogen) atoms. The van der Waals surface area contributed by atoms with Crippen LogP contribution in [0.3, 0.4) is 0 Å². The summed E-state index contributed by atoms with van der Waals surface area (Å²) < 4.78 is 5.74. The molecule has 3 rings (SSSR count). The summed E-state index contributed by atoms with van der Waals surface area (Å²) in [7, 11) is 5.96. The van der Waals surface area contributed by atoms with E-state index in [1.165, 1.54) is 57.1 Å². The van der Waals surface area contributed by atoms with Gasteiger partial charge in [-0.15, -0.1) is 0 Å². The van der Waals surface area contributed by atoms with Gasteiger partial charge in [-0.1, -0.05) is 60.1 Å². The second kappa shape index (κ2) is 17.2. The van der Waals surface area contributed by atoms with Crippen LogP contribution in [-0.4, -0.2) is 66.9 Å². The number of nitrogens with one attached hydrogen (secondary N) is 2. The van der Waals surface area contributed by atoms with Crippen LogP contribution in [-0.2, 0) is 14.3 Å². The van der Waals surface area contributed by atoms with Crippen LogP contribution in [0.5, 0.6) is 0 Å². The highest BCUT2D eigenvalue weighted by Crippen LogP contribution is 2.38. The van der Waals surface area contributed by atoms with E-state index in [1.54, 1.807) is 0 Å². The van der Waals surface area contributed by atoms with Gasteiger partial charge in [-0.25, -0.2) is 0 Å². The van der Waals surface area contributed by atoms with E-state index >= 15 is 0 Å². The number of nitrogens with two attached hydrogens (primary N) is 1. The summed E-state index contributed by atoms with van der Waals surface area (Å²) in [6, 6.07) is 0. The molecule has 0 spiro atoms.